The van der Waals surface area contributed by atoms with Crippen molar-refractivity contribution in [1.29, 1.82) is 0 Å². The molecule has 4 heterocycles. The number of aromatic amines is 1. The van der Waals surface area contributed by atoms with Crippen molar-refractivity contribution in [2.45, 2.75) is 31.3 Å². The quantitative estimate of drug-likeness (QED) is 0.341. The molecule has 7 rings (SSSR count). The van der Waals surface area contributed by atoms with E-state index in [1.807, 2.05) is 0 Å². The van der Waals surface area contributed by atoms with Crippen molar-refractivity contribution in [3.63, 3.8) is 0 Å². The maximum atomic E-state index is 12.3. The van der Waals surface area contributed by atoms with E-state index in [1.165, 1.54) is 0 Å². The number of carbonyl (C=O) groups excluding carboxylic acids is 1. The van der Waals surface area contributed by atoms with Gasteiger partial charge in [-0.2, -0.15) is 0 Å². The topological polar surface area (TPSA) is 122 Å². The maximum Gasteiger partial charge on any atom is 0.223 e. The summed E-state index contributed by atoms with van der Waals surface area (Å²) in [7, 11) is 1.70. The number of pyridine rings is 1. The number of anilines is 2. The van der Waals surface area contributed by atoms with Crippen LogP contribution in [0.15, 0.2) is 41.0 Å². The van der Waals surface area contributed by atoms with E-state index in [9.17, 15) is 4.79 Å². The number of nitrogens with zero attached hydrogens (tertiary/aromatic N) is 4. The second kappa shape index (κ2) is 10.9. The van der Waals surface area contributed by atoms with Crippen LogP contribution in [0.5, 0.6) is 5.75 Å². The Morgan fingerprint density at radius 3 is 2.71 bits per heavy atom. The van der Waals surface area contributed by atoms with Gasteiger partial charge in [0.2, 0.25) is 5.91 Å². The van der Waals surface area contributed by atoms with Crippen molar-refractivity contribution < 1.29 is 14.3 Å². The van der Waals surface area contributed by atoms with Crippen molar-refractivity contribution in [3.05, 3.63) is 41.0 Å². The van der Waals surface area contributed by atoms with E-state index < -0.39 is 0 Å². The Labute approximate surface area is 247 Å². The SMILES string of the molecule is COc1cc(N2CCC(N3CCOCC3)CC2)ccc1-c1nc2ncc(Br)c(N[C@H]3[C@@H](C(N)=O)[C@@H]4C=C[C@@H]3C4)c2[nH]1. The van der Waals surface area contributed by atoms with Crippen LogP contribution in [-0.2, 0) is 9.53 Å². The summed E-state index contributed by atoms with van der Waals surface area (Å²) in [5.41, 5.74) is 10.1. The maximum absolute atomic E-state index is 12.3. The molecule has 4 aliphatic rings. The normalized spacial score (nSPS) is 26.6. The van der Waals surface area contributed by atoms with Crippen molar-refractivity contribution >= 4 is 44.4 Å². The summed E-state index contributed by atoms with van der Waals surface area (Å²) in [6, 6.07) is 6.90. The zero-order chi connectivity index (χ0) is 28.1. The number of imidazole rings is 1. The molecule has 2 aliphatic heterocycles. The zero-order valence-electron chi connectivity index (χ0n) is 23.2. The molecular formula is C30H36BrN7O3. The minimum absolute atomic E-state index is 0.0719. The number of carbonyl (C=O) groups is 1. The molecule has 1 amide bonds. The lowest BCUT2D eigenvalue weighted by molar-refractivity contribution is -0.122. The van der Waals surface area contributed by atoms with Crippen molar-refractivity contribution in [2.24, 2.45) is 23.5 Å². The molecule has 2 aromatic heterocycles. The van der Waals surface area contributed by atoms with Gasteiger partial charge in [0.05, 0.1) is 42.0 Å². The monoisotopic (exact) mass is 621 g/mol. The number of aromatic nitrogens is 3. The molecule has 2 saturated heterocycles. The minimum Gasteiger partial charge on any atom is -0.496 e. The van der Waals surface area contributed by atoms with E-state index in [2.05, 4.69) is 71.4 Å². The molecule has 4 atom stereocenters. The first-order valence-electron chi connectivity index (χ1n) is 14.5. The number of rotatable bonds is 7. The van der Waals surface area contributed by atoms with Crippen LogP contribution in [0.25, 0.3) is 22.6 Å². The van der Waals surface area contributed by atoms with Crippen molar-refractivity contribution in [2.75, 3.05) is 56.7 Å². The van der Waals surface area contributed by atoms with Crippen LogP contribution < -0.4 is 20.7 Å². The van der Waals surface area contributed by atoms with Gasteiger partial charge in [-0.05, 0) is 59.2 Å². The first kappa shape index (κ1) is 26.7. The summed E-state index contributed by atoms with van der Waals surface area (Å²) in [5.74, 6) is 1.40. The molecule has 11 heteroatoms. The average molecular weight is 623 g/mol. The fourth-order valence-electron chi connectivity index (χ4n) is 7.28. The highest BCUT2D eigenvalue weighted by Crippen LogP contribution is 2.46. The molecule has 10 nitrogen and oxygen atoms in total. The first-order chi connectivity index (χ1) is 20.0. The summed E-state index contributed by atoms with van der Waals surface area (Å²) < 4.78 is 12.2. The Kier molecular flexibility index (Phi) is 7.12. The summed E-state index contributed by atoms with van der Waals surface area (Å²) in [5, 5.41) is 3.63. The average Bonchev–Trinajstić information content (AvgIpc) is 3.74. The van der Waals surface area contributed by atoms with Crippen LogP contribution in [0.1, 0.15) is 19.3 Å². The Morgan fingerprint density at radius 1 is 1.17 bits per heavy atom. The Bertz CT molecular complexity index is 1480. The second-order valence-corrected chi connectivity index (χ2v) is 12.4. The number of hydrogen-bond donors (Lipinski definition) is 3. The lowest BCUT2D eigenvalue weighted by atomic mass is 9.88. The summed E-state index contributed by atoms with van der Waals surface area (Å²) >= 11 is 3.67. The van der Waals surface area contributed by atoms with Gasteiger partial charge in [0.15, 0.2) is 5.65 Å². The van der Waals surface area contributed by atoms with E-state index in [4.69, 9.17) is 20.2 Å². The molecule has 3 aromatic rings. The van der Waals surface area contributed by atoms with Gasteiger partial charge in [-0.3, -0.25) is 9.69 Å². The van der Waals surface area contributed by atoms with Gasteiger partial charge >= 0.3 is 0 Å². The van der Waals surface area contributed by atoms with Crippen LogP contribution in [0.2, 0.25) is 0 Å². The Morgan fingerprint density at radius 2 is 1.95 bits per heavy atom. The molecule has 3 fully saturated rings. The zero-order valence-corrected chi connectivity index (χ0v) is 24.8. The lowest BCUT2D eigenvalue weighted by Crippen LogP contribution is -2.49. The van der Waals surface area contributed by atoms with Gasteiger partial charge in [0, 0.05) is 56.2 Å². The molecule has 0 spiro atoms. The third kappa shape index (κ3) is 4.87. The number of fused-ring (bicyclic) bond motifs is 3. The third-order valence-electron chi connectivity index (χ3n) is 9.40. The number of nitrogens with two attached hydrogens (primary N) is 1. The van der Waals surface area contributed by atoms with E-state index in [1.54, 1.807) is 13.3 Å². The highest BCUT2D eigenvalue weighted by molar-refractivity contribution is 9.10. The molecular weight excluding hydrogens is 586 g/mol. The smallest absolute Gasteiger partial charge is 0.223 e. The molecule has 0 unspecified atom stereocenters. The molecule has 4 N–H and O–H groups in total. The standard InChI is InChI=1S/C30H36BrN7O3/c1-40-23-15-20(37-8-6-19(7-9-37)38-10-12-41-13-11-38)4-5-21(23)29-35-27-26(22(31)16-33-30(27)36-29)34-25-18-3-2-17(14-18)24(25)28(32)39/h2-5,15-19,24-25H,6-14H2,1H3,(H2,32,39)(H2,33,34,35,36)/t17-,18-,24+,25-/m1/s1. The van der Waals surface area contributed by atoms with Crippen molar-refractivity contribution in [3.8, 4) is 17.1 Å². The molecule has 216 valence electrons. The number of hydrogen-bond acceptors (Lipinski definition) is 8. The van der Waals surface area contributed by atoms with Gasteiger partial charge in [0.25, 0.3) is 0 Å². The molecule has 2 aliphatic carbocycles. The highest BCUT2D eigenvalue weighted by atomic mass is 79.9. The fraction of sp³-hybridized carbons (Fsp3) is 0.500. The number of nitrogens with one attached hydrogen (secondary N) is 2. The second-order valence-electron chi connectivity index (χ2n) is 11.6. The number of piperidine rings is 1. The third-order valence-corrected chi connectivity index (χ3v) is 10.0. The summed E-state index contributed by atoms with van der Waals surface area (Å²) in [4.78, 5) is 30.2. The minimum atomic E-state index is -0.263. The van der Waals surface area contributed by atoms with Gasteiger partial charge in [0.1, 0.15) is 17.1 Å². The number of halogens is 1. The predicted molar refractivity (Wildman–Crippen MR) is 162 cm³/mol. The molecule has 41 heavy (non-hydrogen) atoms. The fourth-order valence-corrected chi connectivity index (χ4v) is 7.69. The number of allylic oxidation sites excluding steroid dienone is 1. The Balaban J connectivity index is 1.13. The lowest BCUT2D eigenvalue weighted by Gasteiger charge is -2.40. The first-order valence-corrected chi connectivity index (χ1v) is 15.3. The summed E-state index contributed by atoms with van der Waals surface area (Å²) in [6.45, 7) is 5.81. The highest BCUT2D eigenvalue weighted by Gasteiger charge is 2.47. The number of H-pyrrole nitrogens is 1. The number of amides is 1. The number of ether oxygens (including phenoxy) is 2. The van der Waals surface area contributed by atoms with Crippen LogP contribution >= 0.6 is 15.9 Å². The number of morpholine rings is 1. The van der Waals surface area contributed by atoms with Gasteiger partial charge < -0.3 is 30.4 Å². The van der Waals surface area contributed by atoms with Crippen LogP contribution in [-0.4, -0.2) is 84.3 Å². The van der Waals surface area contributed by atoms with Gasteiger partial charge in [-0.1, -0.05) is 12.2 Å². The molecule has 1 aromatic carbocycles. The van der Waals surface area contributed by atoms with E-state index >= 15 is 0 Å². The van der Waals surface area contributed by atoms with Crippen LogP contribution in [0, 0.1) is 17.8 Å². The molecule has 0 radical (unpaired) electrons. The van der Waals surface area contributed by atoms with Crippen molar-refractivity contribution in [1.82, 2.24) is 19.9 Å². The number of primary amides is 1. The number of benzene rings is 1. The largest absolute Gasteiger partial charge is 0.496 e. The Hall–Kier alpha value is -3.15. The van der Waals surface area contributed by atoms with E-state index in [-0.39, 0.29) is 29.7 Å². The summed E-state index contributed by atoms with van der Waals surface area (Å²) in [6.07, 6.45) is 9.33. The van der Waals surface area contributed by atoms with Crippen LogP contribution in [0.4, 0.5) is 11.4 Å². The van der Waals surface area contributed by atoms with Gasteiger partial charge in [-0.15, -0.1) is 0 Å². The van der Waals surface area contributed by atoms with E-state index in [0.29, 0.717) is 17.5 Å². The number of methoxy groups -OCH3 is 1. The van der Waals surface area contributed by atoms with E-state index in [0.717, 1.165) is 91.3 Å². The van der Waals surface area contributed by atoms with Crippen LogP contribution in [0.3, 0.4) is 0 Å². The van der Waals surface area contributed by atoms with Gasteiger partial charge in [-0.25, -0.2) is 9.97 Å². The molecule has 2 bridgehead atoms. The predicted octanol–water partition coefficient (Wildman–Crippen LogP) is 3.78. The molecule has 1 saturated carbocycles.